The van der Waals surface area contributed by atoms with Crippen LogP contribution in [0.15, 0.2) is 65.9 Å². The fraction of sp³-hybridized carbons (Fsp3) is 0.490. The third-order valence-electron chi connectivity index (χ3n) is 13.0. The number of fused-ring (bicyclic) bond motifs is 2. The molecule has 73 heavy (non-hydrogen) atoms. The number of hydrogen-bond donors (Lipinski definition) is 2. The number of nitro benzene ring substituents is 1. The molecule has 1 aromatic heterocycles. The molecule has 2 unspecified atom stereocenters. The van der Waals surface area contributed by atoms with Crippen molar-refractivity contribution in [2.24, 2.45) is 0 Å². The van der Waals surface area contributed by atoms with Gasteiger partial charge in [0.25, 0.3) is 17.5 Å². The van der Waals surface area contributed by atoms with Gasteiger partial charge in [-0.3, -0.25) is 34.1 Å². The summed E-state index contributed by atoms with van der Waals surface area (Å²) >= 11 is 0. The molecule has 394 valence electrons. The number of benzene rings is 2. The standard InChI is InChI=1S/C51H67BF2N8O11/c1-9-10-16-37-30-42(36-17-12-11-13-18-36)59-43(37)32-41-34(2)29-38(58(41)52(59,53)54)20-21-47(63)56-40(19-14-15-27-62(5,6)7)50(66)55-24-25-57(4)26-28-71-46-33-44(61(68)69)39(31-45(46)70-8)35(3)72-51(67)73-60-48(64)22-23-49(60)65/h11-13,17-18,29-33,35,40H,9-10,14-16,19-28H2,1-8H3,(H-,55,56,63,66)/p+1. The summed E-state index contributed by atoms with van der Waals surface area (Å²) in [5.74, 6) is -2.10. The molecule has 2 atom stereocenters. The Morgan fingerprint density at radius 3 is 2.36 bits per heavy atom. The molecule has 22 heteroatoms. The quantitative estimate of drug-likeness (QED) is 0.0166. The van der Waals surface area contributed by atoms with Crippen LogP contribution >= 0.6 is 0 Å². The molecular weight excluding hydrogens is 949 g/mol. The molecule has 0 aliphatic carbocycles. The first kappa shape index (κ1) is 55.4. The minimum Gasteiger partial charge on any atom is -0.493 e. The molecule has 0 bridgehead atoms. The number of allylic oxidation sites excluding steroid dienone is 2. The second-order valence-electron chi connectivity index (χ2n) is 19.7. The Bertz CT molecular complexity index is 2650. The van der Waals surface area contributed by atoms with E-state index in [9.17, 15) is 34.1 Å². The van der Waals surface area contributed by atoms with Crippen LogP contribution in [0.2, 0.25) is 0 Å². The van der Waals surface area contributed by atoms with Gasteiger partial charge in [-0.15, -0.1) is 0 Å². The number of amides is 4. The molecule has 3 aliphatic heterocycles. The topological polar surface area (TPSA) is 204 Å². The first-order valence-electron chi connectivity index (χ1n) is 24.8. The van der Waals surface area contributed by atoms with Crippen molar-refractivity contribution in [1.29, 1.82) is 0 Å². The summed E-state index contributed by atoms with van der Waals surface area (Å²) in [5, 5.41) is 18.2. The number of hydrogen-bond acceptors (Lipinski definition) is 12. The Balaban J connectivity index is 1.05. The van der Waals surface area contributed by atoms with Gasteiger partial charge in [-0.25, -0.2) is 4.79 Å². The molecule has 0 spiro atoms. The van der Waals surface area contributed by atoms with E-state index < -0.39 is 53.6 Å². The second kappa shape index (κ2) is 24.2. The Hall–Kier alpha value is -6.94. The number of ether oxygens (including phenoxy) is 3. The van der Waals surface area contributed by atoms with Crippen LogP contribution in [0.1, 0.15) is 106 Å². The average molecular weight is 1020 g/mol. The van der Waals surface area contributed by atoms with E-state index in [2.05, 4.69) is 38.7 Å². The molecule has 0 radical (unpaired) electrons. The first-order chi connectivity index (χ1) is 34.6. The summed E-state index contributed by atoms with van der Waals surface area (Å²) < 4.78 is 53.7. The lowest BCUT2D eigenvalue weighted by molar-refractivity contribution is -0.870. The van der Waals surface area contributed by atoms with E-state index in [-0.39, 0.29) is 61.8 Å². The number of aromatic nitrogens is 1. The van der Waals surface area contributed by atoms with Gasteiger partial charge in [0.05, 0.1) is 51.4 Å². The van der Waals surface area contributed by atoms with E-state index >= 15 is 8.63 Å². The van der Waals surface area contributed by atoms with E-state index in [1.54, 1.807) is 13.1 Å². The monoisotopic (exact) mass is 1020 g/mol. The highest BCUT2D eigenvalue weighted by Crippen LogP contribution is 2.41. The van der Waals surface area contributed by atoms with Crippen molar-refractivity contribution in [3.8, 4) is 11.5 Å². The van der Waals surface area contributed by atoms with E-state index in [0.29, 0.717) is 71.3 Å². The van der Waals surface area contributed by atoms with Gasteiger partial charge in [-0.1, -0.05) is 36.6 Å². The highest BCUT2D eigenvalue weighted by molar-refractivity contribution is 6.58. The van der Waals surface area contributed by atoms with Crippen LogP contribution in [0.25, 0.3) is 6.08 Å². The lowest BCUT2D eigenvalue weighted by Gasteiger charge is -2.31. The third-order valence-corrected chi connectivity index (χ3v) is 13.0. The lowest BCUT2D eigenvalue weighted by Crippen LogP contribution is -2.51. The van der Waals surface area contributed by atoms with Crippen LogP contribution in [-0.2, 0) is 35.2 Å². The number of unbranched alkanes of at least 4 members (excludes halogenated alkanes) is 2. The zero-order valence-electron chi connectivity index (χ0n) is 43.0. The third kappa shape index (κ3) is 13.8. The van der Waals surface area contributed by atoms with Gasteiger partial charge >= 0.3 is 13.1 Å². The highest BCUT2D eigenvalue weighted by Gasteiger charge is 2.54. The Kier molecular flexibility index (Phi) is 18.4. The number of nitro groups is 1. The number of hydroxylamine groups is 2. The van der Waals surface area contributed by atoms with Gasteiger partial charge in [0.15, 0.2) is 22.9 Å². The van der Waals surface area contributed by atoms with Crippen molar-refractivity contribution in [3.63, 3.8) is 0 Å². The maximum atomic E-state index is 17.1. The predicted octanol–water partition coefficient (Wildman–Crippen LogP) is 6.62. The molecule has 1 fully saturated rings. The van der Waals surface area contributed by atoms with Gasteiger partial charge < -0.3 is 51.8 Å². The van der Waals surface area contributed by atoms with Gasteiger partial charge in [-0.2, -0.15) is 0 Å². The van der Waals surface area contributed by atoms with E-state index in [4.69, 9.17) is 19.0 Å². The van der Waals surface area contributed by atoms with Crippen molar-refractivity contribution in [2.75, 3.05) is 68.1 Å². The molecule has 2 aromatic carbocycles. The summed E-state index contributed by atoms with van der Waals surface area (Å²) in [6, 6.07) is 12.5. The molecule has 6 rings (SSSR count). The summed E-state index contributed by atoms with van der Waals surface area (Å²) in [6.45, 7) is 2.69. The highest BCUT2D eigenvalue weighted by atomic mass is 19.2. The number of nitrogens with one attached hydrogen (secondary N) is 2. The van der Waals surface area contributed by atoms with Crippen LogP contribution in [-0.4, -0.2) is 145 Å². The number of carbonyl (C=O) groups excluding carboxylic acids is 5. The van der Waals surface area contributed by atoms with Crippen molar-refractivity contribution < 1.29 is 65.5 Å². The second-order valence-corrected chi connectivity index (χ2v) is 19.7. The normalized spacial score (nSPS) is 15.8. The van der Waals surface area contributed by atoms with Crippen LogP contribution in [0.3, 0.4) is 0 Å². The number of aryl methyl sites for hydroxylation is 2. The number of quaternary nitrogens is 1. The van der Waals surface area contributed by atoms with Crippen LogP contribution in [0, 0.1) is 17.0 Å². The number of likely N-dealkylation sites (N-methyl/N-ethyl adjacent to an activating group) is 1. The maximum Gasteiger partial charge on any atom is 0.737 e. The summed E-state index contributed by atoms with van der Waals surface area (Å²) in [6.07, 6.45) is 5.04. The van der Waals surface area contributed by atoms with Crippen molar-refractivity contribution in [2.45, 2.75) is 97.1 Å². The van der Waals surface area contributed by atoms with E-state index in [0.717, 1.165) is 46.4 Å². The summed E-state index contributed by atoms with van der Waals surface area (Å²) in [7, 11) is 9.35. The largest absolute Gasteiger partial charge is 0.737 e. The number of rotatable bonds is 26. The number of carbonyl (C=O) groups is 5. The van der Waals surface area contributed by atoms with E-state index in [1.807, 2.05) is 54.3 Å². The molecule has 0 saturated carbocycles. The van der Waals surface area contributed by atoms with Crippen molar-refractivity contribution >= 4 is 54.2 Å². The van der Waals surface area contributed by atoms with Gasteiger partial charge in [0.2, 0.25) is 11.8 Å². The number of halogens is 2. The number of methoxy groups -OCH3 is 1. The molecule has 19 nitrogen and oxygen atoms in total. The Morgan fingerprint density at radius 2 is 1.70 bits per heavy atom. The molecule has 3 aliphatic rings. The lowest BCUT2D eigenvalue weighted by atomic mass is 9.88. The van der Waals surface area contributed by atoms with Gasteiger partial charge in [0, 0.05) is 67.9 Å². The number of imide groups is 1. The summed E-state index contributed by atoms with van der Waals surface area (Å²) in [4.78, 5) is 81.5. The van der Waals surface area contributed by atoms with Gasteiger partial charge in [0.1, 0.15) is 18.8 Å². The smallest absolute Gasteiger partial charge is 0.493 e. The molecule has 4 amide bonds. The average Bonchev–Trinajstić information content (AvgIpc) is 3.99. The zero-order valence-corrected chi connectivity index (χ0v) is 43.0. The predicted molar refractivity (Wildman–Crippen MR) is 269 cm³/mol. The molecular formula is C51H68BF2N8O11+. The maximum absolute atomic E-state index is 17.1. The molecule has 2 N–H and O–H groups in total. The minimum absolute atomic E-state index is 0.0287. The Labute approximate surface area is 424 Å². The zero-order chi connectivity index (χ0) is 53.2. The van der Waals surface area contributed by atoms with Gasteiger partial charge in [-0.05, 0) is 94.9 Å². The SMILES string of the molecule is CCCCC1=CC(c2ccccc2)=[N+]2C1=Cc1c(C)cc(CCC(=O)NC(CCCC[N+](C)(C)C)C(=O)NCCN(C)CCOc3cc([N+](=O)[O-])c(C(C)OC(=O)ON4C(=O)CCC4=O)cc3OC)n1[B-]2(F)F. The molecule has 3 aromatic rings. The fourth-order valence-corrected chi connectivity index (χ4v) is 9.13. The Morgan fingerprint density at radius 1 is 0.986 bits per heavy atom. The van der Waals surface area contributed by atoms with Crippen LogP contribution in [0.4, 0.5) is 19.1 Å². The minimum atomic E-state index is -4.34. The van der Waals surface area contributed by atoms with E-state index in [1.165, 1.54) is 24.6 Å². The molecule has 1 saturated heterocycles. The van der Waals surface area contributed by atoms with Crippen molar-refractivity contribution in [3.05, 3.63) is 104 Å². The fourth-order valence-electron chi connectivity index (χ4n) is 9.13. The number of nitrogens with zero attached hydrogens (tertiary/aromatic N) is 6. The molecule has 4 heterocycles. The first-order valence-corrected chi connectivity index (χ1v) is 24.8. The van der Waals surface area contributed by atoms with Crippen molar-refractivity contribution in [1.82, 2.24) is 25.1 Å². The van der Waals surface area contributed by atoms with Crippen LogP contribution < -0.4 is 20.1 Å². The van der Waals surface area contributed by atoms with Crippen LogP contribution in [0.5, 0.6) is 11.5 Å². The summed E-state index contributed by atoms with van der Waals surface area (Å²) in [5.41, 5.74) is 3.44.